The van der Waals surface area contributed by atoms with Crippen molar-refractivity contribution < 1.29 is 28.5 Å². The quantitative estimate of drug-likeness (QED) is 0.758. The van der Waals surface area contributed by atoms with Crippen molar-refractivity contribution in [3.05, 3.63) is 33.7 Å². The van der Waals surface area contributed by atoms with Crippen LogP contribution in [0.15, 0.2) is 21.3 Å². The van der Waals surface area contributed by atoms with E-state index < -0.39 is 11.7 Å². The maximum atomic E-state index is 12.7. The van der Waals surface area contributed by atoms with Gasteiger partial charge >= 0.3 is 5.97 Å². The first-order valence-corrected chi connectivity index (χ1v) is 9.38. The molecule has 1 N–H and O–H groups in total. The fraction of sp³-hybridized carbons (Fsp3) is 0.524. The van der Waals surface area contributed by atoms with Crippen molar-refractivity contribution in [1.82, 2.24) is 0 Å². The molecule has 0 radical (unpaired) electrons. The van der Waals surface area contributed by atoms with Crippen molar-refractivity contribution in [2.24, 2.45) is 5.92 Å². The first-order valence-electron chi connectivity index (χ1n) is 9.38. The zero-order chi connectivity index (χ0) is 20.6. The summed E-state index contributed by atoms with van der Waals surface area (Å²) in [5, 5.41) is 10.6. The molecule has 0 bridgehead atoms. The van der Waals surface area contributed by atoms with Crippen LogP contribution >= 0.6 is 0 Å². The molecule has 7 nitrogen and oxygen atoms in total. The Balaban J connectivity index is 1.99. The van der Waals surface area contributed by atoms with Gasteiger partial charge in [-0.25, -0.2) is 0 Å². The summed E-state index contributed by atoms with van der Waals surface area (Å²) in [5.74, 6) is 0.577. The van der Waals surface area contributed by atoms with Gasteiger partial charge in [0.25, 0.3) is 0 Å². The van der Waals surface area contributed by atoms with Gasteiger partial charge in [-0.05, 0) is 20.3 Å². The third-order valence-electron chi connectivity index (χ3n) is 5.11. The van der Waals surface area contributed by atoms with E-state index in [1.54, 1.807) is 26.8 Å². The van der Waals surface area contributed by atoms with E-state index in [1.807, 2.05) is 6.92 Å². The van der Waals surface area contributed by atoms with Gasteiger partial charge in [0.2, 0.25) is 0 Å². The summed E-state index contributed by atoms with van der Waals surface area (Å²) in [5.41, 5.74) is -0.329. The van der Waals surface area contributed by atoms with Gasteiger partial charge in [-0.3, -0.25) is 9.59 Å². The molecule has 152 valence electrons. The maximum absolute atomic E-state index is 12.7. The first-order chi connectivity index (χ1) is 13.2. The second-order valence-corrected chi connectivity index (χ2v) is 7.72. The summed E-state index contributed by atoms with van der Waals surface area (Å²) in [6.45, 7) is 6.89. The van der Waals surface area contributed by atoms with Crippen LogP contribution in [0, 0.1) is 5.92 Å². The number of benzene rings is 1. The van der Waals surface area contributed by atoms with Crippen LogP contribution in [-0.4, -0.2) is 29.9 Å². The molecule has 1 aliphatic heterocycles. The number of rotatable bonds is 6. The molecule has 0 spiro atoms. The molecule has 1 unspecified atom stereocenters. The summed E-state index contributed by atoms with van der Waals surface area (Å²) in [6.07, 6.45) is 0.633. The number of hydrogen-bond acceptors (Lipinski definition) is 7. The predicted octanol–water partition coefficient (Wildman–Crippen LogP) is 2.97. The van der Waals surface area contributed by atoms with Crippen LogP contribution in [0.1, 0.15) is 45.4 Å². The highest BCUT2D eigenvalue weighted by Gasteiger charge is 2.37. The first kappa shape index (κ1) is 20.2. The fourth-order valence-electron chi connectivity index (χ4n) is 3.18. The van der Waals surface area contributed by atoms with E-state index in [4.69, 9.17) is 18.6 Å². The van der Waals surface area contributed by atoms with Gasteiger partial charge in [0.05, 0.1) is 18.6 Å². The van der Waals surface area contributed by atoms with Crippen LogP contribution in [0.4, 0.5) is 0 Å². The zero-order valence-corrected chi connectivity index (χ0v) is 16.8. The molecule has 28 heavy (non-hydrogen) atoms. The Morgan fingerprint density at radius 3 is 2.71 bits per heavy atom. The normalized spacial score (nSPS) is 17.1. The van der Waals surface area contributed by atoms with Crippen LogP contribution in [0.5, 0.6) is 11.5 Å². The molecule has 3 rings (SSSR count). The summed E-state index contributed by atoms with van der Waals surface area (Å²) in [7, 11) is 1.48. The lowest BCUT2D eigenvalue weighted by molar-refractivity contribution is -0.149. The van der Waals surface area contributed by atoms with Crippen LogP contribution in [0.25, 0.3) is 11.0 Å². The molecular weight excluding hydrogens is 364 g/mol. The molecule has 1 aromatic heterocycles. The minimum absolute atomic E-state index is 0.124. The zero-order valence-electron chi connectivity index (χ0n) is 16.8. The Kier molecular flexibility index (Phi) is 5.39. The number of ether oxygens (including phenoxy) is 3. The van der Waals surface area contributed by atoms with Gasteiger partial charge in [0.15, 0.2) is 5.43 Å². The highest BCUT2D eigenvalue weighted by molar-refractivity contribution is 5.87. The van der Waals surface area contributed by atoms with Crippen LogP contribution < -0.4 is 14.9 Å². The molecule has 1 aliphatic rings. The molecule has 0 saturated carbocycles. The fourth-order valence-corrected chi connectivity index (χ4v) is 3.18. The Morgan fingerprint density at radius 2 is 2.11 bits per heavy atom. The minimum Gasteiger partial charge on any atom is -0.495 e. The average molecular weight is 390 g/mol. The van der Waals surface area contributed by atoms with Gasteiger partial charge in [0, 0.05) is 24.1 Å². The Morgan fingerprint density at radius 1 is 1.39 bits per heavy atom. The topological polar surface area (TPSA) is 95.2 Å². The molecule has 2 heterocycles. The van der Waals surface area contributed by atoms with Gasteiger partial charge in [-0.2, -0.15) is 0 Å². The van der Waals surface area contributed by atoms with E-state index in [2.05, 4.69) is 0 Å². The van der Waals surface area contributed by atoms with Crippen molar-refractivity contribution in [3.63, 3.8) is 0 Å². The van der Waals surface area contributed by atoms with E-state index in [1.165, 1.54) is 13.2 Å². The largest absolute Gasteiger partial charge is 0.495 e. The molecule has 0 aliphatic carbocycles. The lowest BCUT2D eigenvalue weighted by atomic mass is 9.96. The molecule has 0 saturated heterocycles. The summed E-state index contributed by atoms with van der Waals surface area (Å²) in [4.78, 5) is 24.6. The van der Waals surface area contributed by atoms with Crippen LogP contribution in [0.3, 0.4) is 0 Å². The number of hydrogen-bond donors (Lipinski definition) is 1. The van der Waals surface area contributed by atoms with Gasteiger partial charge < -0.3 is 23.7 Å². The Bertz CT molecular complexity index is 952. The SMILES string of the molecule is CCC(C)C(=O)OCc1cc(=O)c2c(OC)c3c(cc2o1)O[C@H](C(C)(C)O)C3. The van der Waals surface area contributed by atoms with Crippen molar-refractivity contribution in [2.45, 2.75) is 58.8 Å². The van der Waals surface area contributed by atoms with E-state index >= 15 is 0 Å². The van der Waals surface area contributed by atoms with Crippen molar-refractivity contribution >= 4 is 16.9 Å². The number of aliphatic hydroxyl groups is 1. The van der Waals surface area contributed by atoms with E-state index in [-0.39, 0.29) is 35.3 Å². The number of methoxy groups -OCH3 is 1. The lowest BCUT2D eigenvalue weighted by Gasteiger charge is -2.24. The smallest absolute Gasteiger partial charge is 0.309 e. The molecule has 1 aromatic carbocycles. The average Bonchev–Trinajstić information content (AvgIpc) is 3.07. The third-order valence-corrected chi connectivity index (χ3v) is 5.11. The molecule has 7 heteroatoms. The van der Waals surface area contributed by atoms with E-state index in [0.717, 1.165) is 5.56 Å². The summed E-state index contributed by atoms with van der Waals surface area (Å²) in [6, 6.07) is 2.94. The maximum Gasteiger partial charge on any atom is 0.309 e. The Labute approximate surface area is 163 Å². The van der Waals surface area contributed by atoms with Gasteiger partial charge in [-0.15, -0.1) is 0 Å². The van der Waals surface area contributed by atoms with Crippen LogP contribution in [0.2, 0.25) is 0 Å². The standard InChI is InChI=1S/C21H26O7/c1-6-11(2)20(23)26-10-12-7-14(22)18-16(27-12)9-15-13(19(18)25-5)8-17(28-15)21(3,4)24/h7,9,11,17,24H,6,8,10H2,1-5H3/t11?,17-/m0/s1. The third kappa shape index (κ3) is 3.71. The summed E-state index contributed by atoms with van der Waals surface area (Å²) < 4.78 is 22.4. The number of carbonyl (C=O) groups is 1. The minimum atomic E-state index is -1.05. The molecule has 0 amide bonds. The number of fused-ring (bicyclic) bond motifs is 2. The number of esters is 1. The summed E-state index contributed by atoms with van der Waals surface area (Å²) >= 11 is 0. The van der Waals surface area contributed by atoms with Gasteiger partial charge in [0.1, 0.15) is 40.9 Å². The molecule has 2 atom stereocenters. The van der Waals surface area contributed by atoms with Gasteiger partial charge in [-0.1, -0.05) is 13.8 Å². The highest BCUT2D eigenvalue weighted by atomic mass is 16.5. The van der Waals surface area contributed by atoms with Crippen LogP contribution in [-0.2, 0) is 22.6 Å². The predicted molar refractivity (Wildman–Crippen MR) is 103 cm³/mol. The van der Waals surface area contributed by atoms with Crippen molar-refractivity contribution in [3.8, 4) is 11.5 Å². The monoisotopic (exact) mass is 390 g/mol. The second kappa shape index (κ2) is 7.47. The number of carbonyl (C=O) groups excluding carboxylic acids is 1. The molecule has 2 aromatic rings. The van der Waals surface area contributed by atoms with Crippen molar-refractivity contribution in [1.29, 1.82) is 0 Å². The molecule has 0 fully saturated rings. The van der Waals surface area contributed by atoms with Crippen molar-refractivity contribution in [2.75, 3.05) is 7.11 Å². The van der Waals surface area contributed by atoms with E-state index in [9.17, 15) is 14.7 Å². The van der Waals surface area contributed by atoms with E-state index in [0.29, 0.717) is 29.7 Å². The second-order valence-electron chi connectivity index (χ2n) is 7.72. The lowest BCUT2D eigenvalue weighted by Crippen LogP contribution is -2.39. The Hall–Kier alpha value is -2.54. The molecular formula is C21H26O7. The highest BCUT2D eigenvalue weighted by Crippen LogP contribution is 2.42.